The number of halogens is 1. The van der Waals surface area contributed by atoms with E-state index in [2.05, 4.69) is 15.3 Å². The van der Waals surface area contributed by atoms with E-state index in [9.17, 15) is 17.6 Å². The van der Waals surface area contributed by atoms with Crippen LogP contribution in [0, 0.1) is 5.82 Å². The van der Waals surface area contributed by atoms with E-state index in [4.69, 9.17) is 0 Å². The number of nitrogens with one attached hydrogen (secondary N) is 1. The van der Waals surface area contributed by atoms with E-state index in [1.165, 1.54) is 28.6 Å². The van der Waals surface area contributed by atoms with Crippen LogP contribution in [0.25, 0.3) is 0 Å². The quantitative estimate of drug-likeness (QED) is 0.715. The predicted molar refractivity (Wildman–Crippen MR) is 103 cm³/mol. The van der Waals surface area contributed by atoms with E-state index >= 15 is 0 Å². The summed E-state index contributed by atoms with van der Waals surface area (Å²) >= 11 is 0. The molecule has 1 N–H and O–H groups in total. The average Bonchev–Trinajstić information content (AvgIpc) is 2.70. The van der Waals surface area contributed by atoms with Gasteiger partial charge in [-0.05, 0) is 23.8 Å². The van der Waals surface area contributed by atoms with Gasteiger partial charge in [0.25, 0.3) is 0 Å². The fourth-order valence-electron chi connectivity index (χ4n) is 2.92. The van der Waals surface area contributed by atoms with Crippen LogP contribution in [-0.2, 0) is 21.2 Å². The van der Waals surface area contributed by atoms with Crippen molar-refractivity contribution in [2.45, 2.75) is 6.42 Å². The zero-order valence-corrected chi connectivity index (χ0v) is 16.1. The third kappa shape index (κ3) is 5.46. The van der Waals surface area contributed by atoms with E-state index in [1.54, 1.807) is 18.5 Å². The molecule has 0 spiro atoms. The topological polar surface area (TPSA) is 95.5 Å². The Kier molecular flexibility index (Phi) is 6.53. The first-order valence-corrected chi connectivity index (χ1v) is 10.6. The predicted octanol–water partition coefficient (Wildman–Crippen LogP) is 0.426. The zero-order valence-electron chi connectivity index (χ0n) is 15.3. The molecule has 150 valence electrons. The Morgan fingerprint density at radius 3 is 2.36 bits per heavy atom. The second-order valence-corrected chi connectivity index (χ2v) is 8.49. The minimum atomic E-state index is -3.46. The smallest absolute Gasteiger partial charge is 0.225 e. The number of sulfonamides is 1. The summed E-state index contributed by atoms with van der Waals surface area (Å²) < 4.78 is 39.3. The molecule has 1 aromatic carbocycles. The van der Waals surface area contributed by atoms with Crippen molar-refractivity contribution in [1.29, 1.82) is 0 Å². The Morgan fingerprint density at radius 2 is 1.71 bits per heavy atom. The van der Waals surface area contributed by atoms with Gasteiger partial charge in [0, 0.05) is 45.1 Å². The van der Waals surface area contributed by atoms with Gasteiger partial charge in [-0.3, -0.25) is 4.79 Å². The summed E-state index contributed by atoms with van der Waals surface area (Å²) in [6.07, 6.45) is 3.39. The molecule has 10 heteroatoms. The number of hydrogen-bond donors (Lipinski definition) is 1. The molecular formula is C18H22FN5O3S. The molecule has 1 fully saturated rings. The SMILES string of the molecule is O=C(Cc1ccc(F)cc1)NCCS(=O)(=O)N1CCN(c2ncccn2)CC1. The number of benzene rings is 1. The van der Waals surface area contributed by atoms with Crippen LogP contribution in [0.4, 0.5) is 10.3 Å². The highest BCUT2D eigenvalue weighted by atomic mass is 32.2. The number of rotatable bonds is 7. The summed E-state index contributed by atoms with van der Waals surface area (Å²) in [6.45, 7) is 1.76. The normalized spacial score (nSPS) is 15.4. The fraction of sp³-hybridized carbons (Fsp3) is 0.389. The molecule has 1 aliphatic heterocycles. The van der Waals surface area contributed by atoms with Gasteiger partial charge in [-0.15, -0.1) is 0 Å². The molecule has 2 heterocycles. The second-order valence-electron chi connectivity index (χ2n) is 6.40. The lowest BCUT2D eigenvalue weighted by Gasteiger charge is -2.33. The van der Waals surface area contributed by atoms with Crippen LogP contribution in [0.2, 0.25) is 0 Å². The number of nitrogens with zero attached hydrogens (tertiary/aromatic N) is 4. The number of piperazine rings is 1. The first-order valence-electron chi connectivity index (χ1n) is 8.95. The Labute approximate surface area is 163 Å². The number of aromatic nitrogens is 2. The third-order valence-electron chi connectivity index (χ3n) is 4.43. The van der Waals surface area contributed by atoms with E-state index in [0.717, 1.165) is 0 Å². The molecule has 0 saturated carbocycles. The molecule has 0 radical (unpaired) electrons. The Balaban J connectivity index is 1.43. The van der Waals surface area contributed by atoms with E-state index < -0.39 is 10.0 Å². The van der Waals surface area contributed by atoms with Crippen molar-refractivity contribution >= 4 is 21.9 Å². The van der Waals surface area contributed by atoms with Crippen LogP contribution in [0.3, 0.4) is 0 Å². The van der Waals surface area contributed by atoms with Gasteiger partial charge < -0.3 is 10.2 Å². The zero-order chi connectivity index (χ0) is 20.0. The first-order chi connectivity index (χ1) is 13.4. The van der Waals surface area contributed by atoms with Crippen molar-refractivity contribution < 1.29 is 17.6 Å². The van der Waals surface area contributed by atoms with Crippen LogP contribution >= 0.6 is 0 Å². The first kappa shape index (κ1) is 20.2. The molecular weight excluding hydrogens is 385 g/mol. The summed E-state index contributed by atoms with van der Waals surface area (Å²) in [7, 11) is -3.46. The van der Waals surface area contributed by atoms with Gasteiger partial charge in [0.2, 0.25) is 21.9 Å². The standard InChI is InChI=1S/C18H22FN5O3S/c19-16-4-2-15(3-5-16)14-17(25)20-8-13-28(26,27)24-11-9-23(10-12-24)18-21-6-1-7-22-18/h1-7H,8-14H2,(H,20,25). The van der Waals surface area contributed by atoms with Gasteiger partial charge in [-0.1, -0.05) is 12.1 Å². The minimum Gasteiger partial charge on any atom is -0.355 e. The van der Waals surface area contributed by atoms with Crippen molar-refractivity contribution in [2.75, 3.05) is 43.4 Å². The van der Waals surface area contributed by atoms with Crippen molar-refractivity contribution in [1.82, 2.24) is 19.6 Å². The van der Waals surface area contributed by atoms with Crippen LogP contribution in [-0.4, -0.2) is 67.1 Å². The number of hydrogen-bond acceptors (Lipinski definition) is 6. The molecule has 3 rings (SSSR count). The number of carbonyl (C=O) groups is 1. The Morgan fingerprint density at radius 1 is 1.07 bits per heavy atom. The van der Waals surface area contributed by atoms with Crippen molar-refractivity contribution in [3.05, 3.63) is 54.1 Å². The van der Waals surface area contributed by atoms with Crippen molar-refractivity contribution in [3.63, 3.8) is 0 Å². The summed E-state index contributed by atoms with van der Waals surface area (Å²) in [4.78, 5) is 22.2. The van der Waals surface area contributed by atoms with Crippen molar-refractivity contribution in [2.24, 2.45) is 0 Å². The van der Waals surface area contributed by atoms with Gasteiger partial charge in [-0.2, -0.15) is 4.31 Å². The van der Waals surface area contributed by atoms with E-state index in [0.29, 0.717) is 37.7 Å². The molecule has 1 aromatic heterocycles. The maximum absolute atomic E-state index is 12.9. The monoisotopic (exact) mass is 407 g/mol. The van der Waals surface area contributed by atoms with E-state index in [-0.39, 0.29) is 30.4 Å². The number of amides is 1. The summed E-state index contributed by atoms with van der Waals surface area (Å²) in [5.74, 6) is -0.237. The third-order valence-corrected chi connectivity index (χ3v) is 6.30. The van der Waals surface area contributed by atoms with Gasteiger partial charge in [0.15, 0.2) is 0 Å². The van der Waals surface area contributed by atoms with Gasteiger partial charge >= 0.3 is 0 Å². The largest absolute Gasteiger partial charge is 0.355 e. The molecule has 1 amide bonds. The molecule has 1 aliphatic rings. The molecule has 2 aromatic rings. The average molecular weight is 407 g/mol. The Hall–Kier alpha value is -2.59. The van der Waals surface area contributed by atoms with Crippen molar-refractivity contribution in [3.8, 4) is 0 Å². The highest BCUT2D eigenvalue weighted by Crippen LogP contribution is 2.12. The lowest BCUT2D eigenvalue weighted by Crippen LogP contribution is -2.50. The summed E-state index contributed by atoms with van der Waals surface area (Å²) in [6, 6.07) is 7.36. The summed E-state index contributed by atoms with van der Waals surface area (Å²) in [5, 5.41) is 2.61. The molecule has 0 atom stereocenters. The lowest BCUT2D eigenvalue weighted by molar-refractivity contribution is -0.120. The fourth-order valence-corrected chi connectivity index (χ4v) is 4.26. The minimum absolute atomic E-state index is 0.0321. The molecule has 28 heavy (non-hydrogen) atoms. The highest BCUT2D eigenvalue weighted by Gasteiger charge is 2.27. The van der Waals surface area contributed by atoms with Crippen LogP contribution in [0.1, 0.15) is 5.56 Å². The number of carbonyl (C=O) groups excluding carboxylic acids is 1. The summed E-state index contributed by atoms with van der Waals surface area (Å²) in [5.41, 5.74) is 0.668. The molecule has 8 nitrogen and oxygen atoms in total. The maximum atomic E-state index is 12.9. The maximum Gasteiger partial charge on any atom is 0.225 e. The van der Waals surface area contributed by atoms with Gasteiger partial charge in [-0.25, -0.2) is 22.8 Å². The van der Waals surface area contributed by atoms with E-state index in [1.807, 2.05) is 4.90 Å². The van der Waals surface area contributed by atoms with Crippen LogP contribution in [0.5, 0.6) is 0 Å². The highest BCUT2D eigenvalue weighted by molar-refractivity contribution is 7.89. The molecule has 0 bridgehead atoms. The molecule has 1 saturated heterocycles. The number of anilines is 1. The molecule has 0 unspecified atom stereocenters. The second kappa shape index (κ2) is 9.07. The van der Waals surface area contributed by atoms with Gasteiger partial charge in [0.05, 0.1) is 12.2 Å². The van der Waals surface area contributed by atoms with Gasteiger partial charge in [0.1, 0.15) is 5.82 Å². The Bertz CT molecular complexity index is 885. The lowest BCUT2D eigenvalue weighted by atomic mass is 10.1. The van der Waals surface area contributed by atoms with Crippen LogP contribution < -0.4 is 10.2 Å². The van der Waals surface area contributed by atoms with Crippen LogP contribution in [0.15, 0.2) is 42.7 Å². The molecule has 0 aliphatic carbocycles.